The number of anilines is 1. The highest BCUT2D eigenvalue weighted by molar-refractivity contribution is 6.31. The van der Waals surface area contributed by atoms with Crippen molar-refractivity contribution < 1.29 is 4.79 Å². The van der Waals surface area contributed by atoms with Gasteiger partial charge >= 0.3 is 0 Å². The van der Waals surface area contributed by atoms with Crippen LogP contribution in [-0.4, -0.2) is 12.5 Å². The summed E-state index contributed by atoms with van der Waals surface area (Å²) >= 11 is 5.74. The molecule has 4 heteroatoms. The number of hydrogen-bond acceptors (Lipinski definition) is 2. The van der Waals surface area contributed by atoms with Crippen molar-refractivity contribution >= 4 is 23.2 Å². The van der Waals surface area contributed by atoms with E-state index in [1.165, 1.54) is 0 Å². The lowest BCUT2D eigenvalue weighted by molar-refractivity contribution is 0.0955. The average Bonchev–Trinajstić information content (AvgIpc) is 2.24. The molecule has 3 nitrogen and oxygen atoms in total. The zero-order chi connectivity index (χ0) is 12.0. The number of nitrogen functional groups attached to an aromatic ring is 1. The van der Waals surface area contributed by atoms with E-state index >= 15 is 0 Å². The molecule has 84 valence electrons. The molecule has 0 atom stereocenters. The molecule has 0 aromatic heterocycles. The molecule has 0 fully saturated rings. The van der Waals surface area contributed by atoms with Crippen molar-refractivity contribution in [1.82, 2.24) is 5.32 Å². The molecule has 0 heterocycles. The quantitative estimate of drug-likeness (QED) is 0.480. The fourth-order valence-electron chi connectivity index (χ4n) is 1.20. The Balaban J connectivity index is 2.61. The van der Waals surface area contributed by atoms with E-state index in [2.05, 4.69) is 17.2 Å². The Bertz CT molecular complexity index is 446. The third kappa shape index (κ3) is 3.48. The zero-order valence-electron chi connectivity index (χ0n) is 9.01. The first-order valence-electron chi connectivity index (χ1n) is 4.88. The monoisotopic (exact) mass is 236 g/mol. The molecule has 0 saturated heterocycles. The highest BCUT2D eigenvalue weighted by atomic mass is 35.5. The van der Waals surface area contributed by atoms with Gasteiger partial charge in [-0.1, -0.05) is 11.6 Å². The van der Waals surface area contributed by atoms with Crippen LogP contribution >= 0.6 is 11.6 Å². The largest absolute Gasteiger partial charge is 0.398 e. The van der Waals surface area contributed by atoms with Crippen molar-refractivity contribution in [3.8, 4) is 11.8 Å². The minimum Gasteiger partial charge on any atom is -0.398 e. The maximum Gasteiger partial charge on any atom is 0.253 e. The second-order valence-corrected chi connectivity index (χ2v) is 3.60. The molecule has 3 N–H and O–H groups in total. The molecular formula is C12H13ClN2O. The summed E-state index contributed by atoms with van der Waals surface area (Å²) in [5.74, 6) is 5.42. The number of halogens is 1. The Hall–Kier alpha value is -1.66. The van der Waals surface area contributed by atoms with Gasteiger partial charge in [-0.2, -0.15) is 0 Å². The number of nitrogens with one attached hydrogen (secondary N) is 1. The first-order valence-corrected chi connectivity index (χ1v) is 5.25. The molecule has 0 saturated carbocycles. The molecule has 0 aliphatic rings. The number of carbonyl (C=O) groups excluding carboxylic acids is 1. The third-order valence-electron chi connectivity index (χ3n) is 1.97. The van der Waals surface area contributed by atoms with E-state index in [1.807, 2.05) is 0 Å². The Morgan fingerprint density at radius 3 is 2.94 bits per heavy atom. The molecule has 16 heavy (non-hydrogen) atoms. The predicted octanol–water partition coefficient (Wildman–Crippen LogP) is 2.07. The van der Waals surface area contributed by atoms with Crippen LogP contribution in [0.25, 0.3) is 0 Å². The Labute approximate surface area is 100.0 Å². The molecular weight excluding hydrogens is 224 g/mol. The molecule has 0 radical (unpaired) electrons. The van der Waals surface area contributed by atoms with E-state index in [9.17, 15) is 4.79 Å². The van der Waals surface area contributed by atoms with Gasteiger partial charge in [0.25, 0.3) is 5.91 Å². The molecule has 0 unspecified atom stereocenters. The second-order valence-electron chi connectivity index (χ2n) is 3.16. The molecule has 0 aliphatic carbocycles. The van der Waals surface area contributed by atoms with Crippen molar-refractivity contribution in [2.45, 2.75) is 13.3 Å². The molecule has 0 bridgehead atoms. The summed E-state index contributed by atoms with van der Waals surface area (Å²) in [7, 11) is 0. The number of hydrogen-bond donors (Lipinski definition) is 2. The third-order valence-corrected chi connectivity index (χ3v) is 2.21. The van der Waals surface area contributed by atoms with Gasteiger partial charge < -0.3 is 11.1 Å². The number of rotatable bonds is 3. The van der Waals surface area contributed by atoms with Gasteiger partial charge in [-0.05, 0) is 25.1 Å². The van der Waals surface area contributed by atoms with Gasteiger partial charge in [0.1, 0.15) is 0 Å². The SMILES string of the molecule is CC#CCCNC(=O)c1ccc(Cl)cc1N. The number of nitrogens with two attached hydrogens (primary N) is 1. The summed E-state index contributed by atoms with van der Waals surface area (Å²) in [5, 5.41) is 3.25. The van der Waals surface area contributed by atoms with Gasteiger partial charge in [0, 0.05) is 23.7 Å². The van der Waals surface area contributed by atoms with E-state index in [0.717, 1.165) is 0 Å². The lowest BCUT2D eigenvalue weighted by atomic mass is 10.1. The zero-order valence-corrected chi connectivity index (χ0v) is 9.77. The minimum atomic E-state index is -0.202. The highest BCUT2D eigenvalue weighted by Crippen LogP contribution is 2.17. The summed E-state index contributed by atoms with van der Waals surface area (Å²) in [5.41, 5.74) is 6.50. The average molecular weight is 237 g/mol. The van der Waals surface area contributed by atoms with Crippen LogP contribution in [0, 0.1) is 11.8 Å². The first kappa shape index (κ1) is 12.4. The Kier molecular flexibility index (Phi) is 4.68. The fourth-order valence-corrected chi connectivity index (χ4v) is 1.38. The Morgan fingerprint density at radius 1 is 1.56 bits per heavy atom. The van der Waals surface area contributed by atoms with E-state index in [1.54, 1.807) is 25.1 Å². The summed E-state index contributed by atoms with van der Waals surface area (Å²) in [6.45, 7) is 2.28. The van der Waals surface area contributed by atoms with Crippen LogP contribution in [0.2, 0.25) is 5.02 Å². The smallest absolute Gasteiger partial charge is 0.253 e. The summed E-state index contributed by atoms with van der Waals surface area (Å²) in [4.78, 5) is 11.7. The van der Waals surface area contributed by atoms with E-state index in [0.29, 0.717) is 29.2 Å². The van der Waals surface area contributed by atoms with Crippen LogP contribution in [0.3, 0.4) is 0 Å². The van der Waals surface area contributed by atoms with E-state index < -0.39 is 0 Å². The van der Waals surface area contributed by atoms with Gasteiger partial charge in [-0.15, -0.1) is 11.8 Å². The highest BCUT2D eigenvalue weighted by Gasteiger charge is 2.08. The summed E-state index contributed by atoms with van der Waals surface area (Å²) in [6.07, 6.45) is 0.635. The molecule has 1 aromatic carbocycles. The topological polar surface area (TPSA) is 55.1 Å². The molecule has 0 aliphatic heterocycles. The fraction of sp³-hybridized carbons (Fsp3) is 0.250. The normalized spacial score (nSPS) is 9.12. The maximum atomic E-state index is 11.7. The minimum absolute atomic E-state index is 0.202. The van der Waals surface area contributed by atoms with E-state index in [4.69, 9.17) is 17.3 Å². The Morgan fingerprint density at radius 2 is 2.31 bits per heavy atom. The van der Waals surface area contributed by atoms with Crippen LogP contribution in [0.5, 0.6) is 0 Å². The number of benzene rings is 1. The molecule has 1 aromatic rings. The number of carbonyl (C=O) groups is 1. The first-order chi connectivity index (χ1) is 7.65. The van der Waals surface area contributed by atoms with Crippen LogP contribution in [-0.2, 0) is 0 Å². The molecule has 1 amide bonds. The number of amides is 1. The van der Waals surface area contributed by atoms with Gasteiger partial charge in [-0.3, -0.25) is 4.79 Å². The lowest BCUT2D eigenvalue weighted by Crippen LogP contribution is -2.25. The van der Waals surface area contributed by atoms with Gasteiger partial charge in [-0.25, -0.2) is 0 Å². The van der Waals surface area contributed by atoms with Crippen LogP contribution in [0.1, 0.15) is 23.7 Å². The lowest BCUT2D eigenvalue weighted by Gasteiger charge is -2.06. The van der Waals surface area contributed by atoms with E-state index in [-0.39, 0.29) is 5.91 Å². The molecule has 1 rings (SSSR count). The molecule has 0 spiro atoms. The van der Waals surface area contributed by atoms with Crippen LogP contribution in [0.4, 0.5) is 5.69 Å². The predicted molar refractivity (Wildman–Crippen MR) is 66.3 cm³/mol. The maximum absolute atomic E-state index is 11.7. The van der Waals surface area contributed by atoms with Crippen molar-refractivity contribution in [2.24, 2.45) is 0 Å². The van der Waals surface area contributed by atoms with Crippen molar-refractivity contribution in [1.29, 1.82) is 0 Å². The van der Waals surface area contributed by atoms with Crippen molar-refractivity contribution in [3.63, 3.8) is 0 Å². The summed E-state index contributed by atoms with van der Waals surface area (Å²) < 4.78 is 0. The standard InChI is InChI=1S/C12H13ClN2O/c1-2-3-4-7-15-12(16)10-6-5-9(13)8-11(10)14/h5-6,8H,4,7,14H2,1H3,(H,15,16). The van der Waals surface area contributed by atoms with Crippen LogP contribution < -0.4 is 11.1 Å². The second kappa shape index (κ2) is 6.04. The van der Waals surface area contributed by atoms with Crippen molar-refractivity contribution in [2.75, 3.05) is 12.3 Å². The van der Waals surface area contributed by atoms with Crippen molar-refractivity contribution in [3.05, 3.63) is 28.8 Å². The van der Waals surface area contributed by atoms with Gasteiger partial charge in [0.05, 0.1) is 5.56 Å². The summed E-state index contributed by atoms with van der Waals surface area (Å²) in [6, 6.07) is 4.81. The van der Waals surface area contributed by atoms with Gasteiger partial charge in [0.2, 0.25) is 0 Å². The van der Waals surface area contributed by atoms with Gasteiger partial charge in [0.15, 0.2) is 0 Å². The van der Waals surface area contributed by atoms with Crippen LogP contribution in [0.15, 0.2) is 18.2 Å².